The van der Waals surface area contributed by atoms with Crippen molar-refractivity contribution in [2.45, 2.75) is 19.9 Å². The van der Waals surface area contributed by atoms with Gasteiger partial charge in [-0.2, -0.15) is 0 Å². The van der Waals surface area contributed by atoms with Crippen LogP contribution in [-0.4, -0.2) is 47.3 Å². The van der Waals surface area contributed by atoms with Crippen LogP contribution in [-0.2, 0) is 4.79 Å². The molecule has 4 nitrogen and oxygen atoms in total. The molecule has 0 aliphatic carbocycles. The van der Waals surface area contributed by atoms with Crippen molar-refractivity contribution < 1.29 is 9.59 Å². The Kier molecular flexibility index (Phi) is 4.70. The van der Waals surface area contributed by atoms with Gasteiger partial charge >= 0.3 is 0 Å². The summed E-state index contributed by atoms with van der Waals surface area (Å²) in [5.74, 6) is -0.0381. The number of hydrogen-bond donors (Lipinski definition) is 0. The zero-order valence-electron chi connectivity index (χ0n) is 11.4. The van der Waals surface area contributed by atoms with Gasteiger partial charge in [0, 0.05) is 37.1 Å². The fourth-order valence-corrected chi connectivity index (χ4v) is 3.12. The third-order valence-corrected chi connectivity index (χ3v) is 4.30. The van der Waals surface area contributed by atoms with Crippen LogP contribution in [0, 0.1) is 0 Å². The standard InChI is InChI=1S/C14H16BrClN2O2/c1-9-8-17(10(2)19)5-6-18(9)14(20)12-4-3-11(15)7-13(12)16/h3-4,7,9H,5-6,8H2,1-2H3/t9-/m0/s1. The van der Waals surface area contributed by atoms with E-state index in [4.69, 9.17) is 11.6 Å². The van der Waals surface area contributed by atoms with Crippen molar-refractivity contribution in [1.82, 2.24) is 9.80 Å². The molecule has 1 fully saturated rings. The summed E-state index contributed by atoms with van der Waals surface area (Å²) in [6.07, 6.45) is 0. The second-order valence-corrected chi connectivity index (χ2v) is 6.26. The summed E-state index contributed by atoms with van der Waals surface area (Å²) in [7, 11) is 0. The Morgan fingerprint density at radius 1 is 1.35 bits per heavy atom. The zero-order chi connectivity index (χ0) is 14.9. The van der Waals surface area contributed by atoms with E-state index in [0.717, 1.165) is 4.47 Å². The number of nitrogens with zero attached hydrogens (tertiary/aromatic N) is 2. The first-order chi connectivity index (χ1) is 9.40. The molecule has 0 spiro atoms. The molecule has 1 aromatic rings. The van der Waals surface area contributed by atoms with Gasteiger partial charge in [0.15, 0.2) is 0 Å². The molecular formula is C14H16BrClN2O2. The van der Waals surface area contributed by atoms with Gasteiger partial charge in [-0.15, -0.1) is 0 Å². The Morgan fingerprint density at radius 2 is 2.05 bits per heavy atom. The quantitative estimate of drug-likeness (QED) is 0.773. The monoisotopic (exact) mass is 358 g/mol. The van der Waals surface area contributed by atoms with Gasteiger partial charge in [-0.25, -0.2) is 0 Å². The molecule has 1 aliphatic rings. The largest absolute Gasteiger partial charge is 0.339 e. The van der Waals surface area contributed by atoms with E-state index in [0.29, 0.717) is 30.2 Å². The lowest BCUT2D eigenvalue weighted by atomic mass is 10.1. The van der Waals surface area contributed by atoms with Crippen molar-refractivity contribution in [2.75, 3.05) is 19.6 Å². The lowest BCUT2D eigenvalue weighted by molar-refractivity contribution is -0.131. The highest BCUT2D eigenvalue weighted by Gasteiger charge is 2.29. The fourth-order valence-electron chi connectivity index (χ4n) is 2.36. The van der Waals surface area contributed by atoms with Crippen LogP contribution >= 0.6 is 27.5 Å². The molecular weight excluding hydrogens is 344 g/mol. The van der Waals surface area contributed by atoms with Crippen LogP contribution in [0.25, 0.3) is 0 Å². The summed E-state index contributed by atoms with van der Waals surface area (Å²) < 4.78 is 0.841. The minimum Gasteiger partial charge on any atom is -0.339 e. The molecule has 0 unspecified atom stereocenters. The lowest BCUT2D eigenvalue weighted by Crippen LogP contribution is -2.55. The Labute approximate surface area is 131 Å². The number of piperazine rings is 1. The smallest absolute Gasteiger partial charge is 0.255 e. The van der Waals surface area contributed by atoms with E-state index in [-0.39, 0.29) is 17.9 Å². The van der Waals surface area contributed by atoms with Crippen LogP contribution in [0.2, 0.25) is 5.02 Å². The maximum Gasteiger partial charge on any atom is 0.255 e. The molecule has 0 N–H and O–H groups in total. The molecule has 1 heterocycles. The fraction of sp³-hybridized carbons (Fsp3) is 0.429. The zero-order valence-corrected chi connectivity index (χ0v) is 13.7. The van der Waals surface area contributed by atoms with E-state index in [9.17, 15) is 9.59 Å². The second kappa shape index (κ2) is 6.14. The molecule has 0 saturated carbocycles. The van der Waals surface area contributed by atoms with E-state index >= 15 is 0 Å². The molecule has 1 aliphatic heterocycles. The lowest BCUT2D eigenvalue weighted by Gasteiger charge is -2.39. The maximum atomic E-state index is 12.5. The van der Waals surface area contributed by atoms with E-state index in [1.807, 2.05) is 6.92 Å². The van der Waals surface area contributed by atoms with E-state index in [1.54, 1.807) is 34.9 Å². The van der Waals surface area contributed by atoms with Crippen LogP contribution in [0.15, 0.2) is 22.7 Å². The Hall–Kier alpha value is -1.07. The second-order valence-electron chi connectivity index (χ2n) is 4.94. The van der Waals surface area contributed by atoms with Gasteiger partial charge in [0.25, 0.3) is 5.91 Å². The average molecular weight is 360 g/mol. The summed E-state index contributed by atoms with van der Waals surface area (Å²) in [6.45, 7) is 5.16. The van der Waals surface area contributed by atoms with Crippen molar-refractivity contribution in [3.8, 4) is 0 Å². The first kappa shape index (κ1) is 15.3. The summed E-state index contributed by atoms with van der Waals surface area (Å²) >= 11 is 9.45. The summed E-state index contributed by atoms with van der Waals surface area (Å²) in [5.41, 5.74) is 0.498. The molecule has 1 atom stereocenters. The number of rotatable bonds is 1. The third kappa shape index (κ3) is 3.15. The predicted molar refractivity (Wildman–Crippen MR) is 81.9 cm³/mol. The molecule has 1 aromatic carbocycles. The maximum absolute atomic E-state index is 12.5. The Morgan fingerprint density at radius 3 is 2.60 bits per heavy atom. The van der Waals surface area contributed by atoms with Crippen molar-refractivity contribution in [3.63, 3.8) is 0 Å². The summed E-state index contributed by atoms with van der Waals surface area (Å²) in [4.78, 5) is 27.5. The molecule has 6 heteroatoms. The number of carbonyl (C=O) groups excluding carboxylic acids is 2. The molecule has 2 rings (SSSR count). The van der Waals surface area contributed by atoms with Gasteiger partial charge in [0.2, 0.25) is 5.91 Å². The number of carbonyl (C=O) groups is 2. The van der Waals surface area contributed by atoms with Crippen molar-refractivity contribution in [1.29, 1.82) is 0 Å². The SMILES string of the molecule is CC(=O)N1CCN(C(=O)c2ccc(Br)cc2Cl)[C@@H](C)C1. The highest BCUT2D eigenvalue weighted by Crippen LogP contribution is 2.24. The van der Waals surface area contributed by atoms with Crippen LogP contribution in [0.5, 0.6) is 0 Å². The predicted octanol–water partition coefficient (Wildman–Crippen LogP) is 2.80. The minimum atomic E-state index is -0.0850. The van der Waals surface area contributed by atoms with Gasteiger partial charge in [0.05, 0.1) is 10.6 Å². The first-order valence-electron chi connectivity index (χ1n) is 6.41. The Balaban J connectivity index is 2.16. The molecule has 1 saturated heterocycles. The topological polar surface area (TPSA) is 40.6 Å². The van der Waals surface area contributed by atoms with Crippen molar-refractivity contribution in [3.05, 3.63) is 33.3 Å². The van der Waals surface area contributed by atoms with Gasteiger partial charge in [-0.05, 0) is 25.1 Å². The normalized spacial score (nSPS) is 19.1. The van der Waals surface area contributed by atoms with E-state index in [1.165, 1.54) is 0 Å². The van der Waals surface area contributed by atoms with Crippen molar-refractivity contribution >= 4 is 39.3 Å². The van der Waals surface area contributed by atoms with Gasteiger partial charge < -0.3 is 9.80 Å². The highest BCUT2D eigenvalue weighted by molar-refractivity contribution is 9.10. The van der Waals surface area contributed by atoms with E-state index in [2.05, 4.69) is 15.9 Å². The summed E-state index contributed by atoms with van der Waals surface area (Å²) in [5, 5.41) is 0.436. The number of halogens is 2. The van der Waals surface area contributed by atoms with Crippen LogP contribution in [0.1, 0.15) is 24.2 Å². The number of hydrogen-bond acceptors (Lipinski definition) is 2. The highest BCUT2D eigenvalue weighted by atomic mass is 79.9. The Bertz CT molecular complexity index is 550. The molecule has 2 amide bonds. The molecule has 0 aromatic heterocycles. The van der Waals surface area contributed by atoms with Gasteiger partial charge in [-0.3, -0.25) is 9.59 Å². The summed E-state index contributed by atoms with van der Waals surface area (Å²) in [6, 6.07) is 5.22. The van der Waals surface area contributed by atoms with Gasteiger partial charge in [0.1, 0.15) is 0 Å². The average Bonchev–Trinajstić information content (AvgIpc) is 2.37. The number of benzene rings is 1. The van der Waals surface area contributed by atoms with Gasteiger partial charge in [-0.1, -0.05) is 27.5 Å². The number of amides is 2. The third-order valence-electron chi connectivity index (χ3n) is 3.50. The minimum absolute atomic E-state index is 0.0140. The molecule has 20 heavy (non-hydrogen) atoms. The first-order valence-corrected chi connectivity index (χ1v) is 7.58. The molecule has 0 radical (unpaired) electrons. The molecule has 108 valence electrons. The van der Waals surface area contributed by atoms with Crippen LogP contribution < -0.4 is 0 Å². The van der Waals surface area contributed by atoms with Crippen molar-refractivity contribution in [2.24, 2.45) is 0 Å². The van der Waals surface area contributed by atoms with E-state index < -0.39 is 0 Å². The van der Waals surface area contributed by atoms with Crippen LogP contribution in [0.3, 0.4) is 0 Å². The molecule has 0 bridgehead atoms. The van der Waals surface area contributed by atoms with Crippen LogP contribution in [0.4, 0.5) is 0 Å².